The Labute approximate surface area is 159 Å². The summed E-state index contributed by atoms with van der Waals surface area (Å²) in [6, 6.07) is 3.35. The van der Waals surface area contributed by atoms with Gasteiger partial charge in [-0.25, -0.2) is 9.97 Å². The molecule has 2 aromatic rings. The van der Waals surface area contributed by atoms with E-state index in [-0.39, 0.29) is 23.9 Å². The van der Waals surface area contributed by atoms with Crippen LogP contribution in [0.5, 0.6) is 5.75 Å². The van der Waals surface area contributed by atoms with Gasteiger partial charge in [0.05, 0.1) is 18.8 Å². The third-order valence-electron chi connectivity index (χ3n) is 4.25. The Balaban J connectivity index is 1.73. The summed E-state index contributed by atoms with van der Waals surface area (Å²) in [6.45, 7) is 2.81. The summed E-state index contributed by atoms with van der Waals surface area (Å²) in [7, 11) is 0. The van der Waals surface area contributed by atoms with Crippen LogP contribution in [-0.4, -0.2) is 65.5 Å². The summed E-state index contributed by atoms with van der Waals surface area (Å²) < 4.78 is 50.5. The number of rotatable bonds is 6. The van der Waals surface area contributed by atoms with Crippen LogP contribution in [0.15, 0.2) is 30.6 Å². The number of nitrogens with two attached hydrogens (primary N) is 1. The molecule has 0 spiro atoms. The first-order valence-corrected chi connectivity index (χ1v) is 8.72. The lowest BCUT2D eigenvalue weighted by molar-refractivity contribution is -0.137. The summed E-state index contributed by atoms with van der Waals surface area (Å²) in [6.07, 6.45) is -2.70. The van der Waals surface area contributed by atoms with Crippen LogP contribution in [0, 0.1) is 0 Å². The van der Waals surface area contributed by atoms with Crippen molar-refractivity contribution in [1.82, 2.24) is 14.9 Å². The van der Waals surface area contributed by atoms with Crippen molar-refractivity contribution in [3.8, 4) is 16.9 Å². The fourth-order valence-electron chi connectivity index (χ4n) is 2.83. The number of alkyl halides is 3. The van der Waals surface area contributed by atoms with E-state index in [1.54, 1.807) is 0 Å². The molecule has 0 saturated carbocycles. The maximum atomic E-state index is 13.3. The Morgan fingerprint density at radius 2 is 1.82 bits per heavy atom. The van der Waals surface area contributed by atoms with E-state index < -0.39 is 17.8 Å². The quantitative estimate of drug-likeness (QED) is 0.767. The fraction of sp³-hybridized carbons (Fsp3) is 0.444. The smallest absolute Gasteiger partial charge is 0.416 e. The SMILES string of the molecule is Nc1ncc(-c2cc(OCC(O)CN3CCOCC3)cc(C(F)(F)F)c2)cn1. The molecule has 1 saturated heterocycles. The molecule has 0 aliphatic carbocycles. The zero-order valence-electron chi connectivity index (χ0n) is 15.0. The average molecular weight is 398 g/mol. The van der Waals surface area contributed by atoms with Gasteiger partial charge in [-0.3, -0.25) is 4.90 Å². The van der Waals surface area contributed by atoms with Crippen molar-refractivity contribution in [2.45, 2.75) is 12.3 Å². The lowest BCUT2D eigenvalue weighted by Crippen LogP contribution is -2.42. The second-order valence-electron chi connectivity index (χ2n) is 6.45. The third kappa shape index (κ3) is 5.54. The highest BCUT2D eigenvalue weighted by molar-refractivity contribution is 5.65. The van der Waals surface area contributed by atoms with Gasteiger partial charge in [-0.05, 0) is 23.8 Å². The predicted octanol–water partition coefficient (Wildman–Crippen LogP) is 1.82. The van der Waals surface area contributed by atoms with Crippen molar-refractivity contribution < 1.29 is 27.8 Å². The van der Waals surface area contributed by atoms with E-state index in [2.05, 4.69) is 9.97 Å². The first-order valence-electron chi connectivity index (χ1n) is 8.72. The number of nitrogen functional groups attached to an aromatic ring is 1. The van der Waals surface area contributed by atoms with Crippen molar-refractivity contribution in [3.05, 3.63) is 36.2 Å². The van der Waals surface area contributed by atoms with E-state index in [0.717, 1.165) is 12.1 Å². The Morgan fingerprint density at radius 1 is 1.14 bits per heavy atom. The molecule has 0 radical (unpaired) electrons. The van der Waals surface area contributed by atoms with Gasteiger partial charge in [0, 0.05) is 37.6 Å². The van der Waals surface area contributed by atoms with Gasteiger partial charge >= 0.3 is 6.18 Å². The van der Waals surface area contributed by atoms with Crippen LogP contribution >= 0.6 is 0 Å². The van der Waals surface area contributed by atoms with E-state index in [4.69, 9.17) is 15.2 Å². The highest BCUT2D eigenvalue weighted by Gasteiger charge is 2.31. The highest BCUT2D eigenvalue weighted by Crippen LogP contribution is 2.35. The van der Waals surface area contributed by atoms with E-state index >= 15 is 0 Å². The zero-order chi connectivity index (χ0) is 20.1. The number of halogens is 3. The number of ether oxygens (including phenoxy) is 2. The number of aliphatic hydroxyl groups is 1. The van der Waals surface area contributed by atoms with Crippen LogP contribution in [-0.2, 0) is 10.9 Å². The zero-order valence-corrected chi connectivity index (χ0v) is 15.0. The molecule has 1 aromatic heterocycles. The molecule has 1 atom stereocenters. The molecule has 1 unspecified atom stereocenters. The molecule has 2 heterocycles. The number of β-amino-alcohol motifs (C(OH)–C–C–N with tert-alkyl or cyclic N) is 1. The normalized spacial score (nSPS) is 16.7. The van der Waals surface area contributed by atoms with Crippen LogP contribution in [0.4, 0.5) is 19.1 Å². The lowest BCUT2D eigenvalue weighted by atomic mass is 10.0. The van der Waals surface area contributed by atoms with Crippen molar-refractivity contribution in [3.63, 3.8) is 0 Å². The number of morpholine rings is 1. The minimum atomic E-state index is -4.55. The van der Waals surface area contributed by atoms with Gasteiger partial charge in [-0.15, -0.1) is 0 Å². The molecule has 1 aromatic carbocycles. The van der Waals surface area contributed by atoms with Crippen LogP contribution in [0.25, 0.3) is 11.1 Å². The number of anilines is 1. The Kier molecular flexibility index (Phi) is 6.32. The van der Waals surface area contributed by atoms with E-state index in [1.807, 2.05) is 4.90 Å². The van der Waals surface area contributed by atoms with Crippen LogP contribution in [0.3, 0.4) is 0 Å². The van der Waals surface area contributed by atoms with Crippen molar-refractivity contribution in [2.24, 2.45) is 0 Å². The number of hydrogen-bond acceptors (Lipinski definition) is 7. The molecule has 3 rings (SSSR count). The minimum Gasteiger partial charge on any atom is -0.491 e. The molecule has 10 heteroatoms. The third-order valence-corrected chi connectivity index (χ3v) is 4.25. The van der Waals surface area contributed by atoms with Gasteiger partial charge < -0.3 is 20.3 Å². The summed E-state index contributed by atoms with van der Waals surface area (Å²) in [4.78, 5) is 9.62. The summed E-state index contributed by atoms with van der Waals surface area (Å²) in [5.74, 6) is 0.0288. The molecular weight excluding hydrogens is 377 g/mol. The number of nitrogens with zero attached hydrogens (tertiary/aromatic N) is 3. The summed E-state index contributed by atoms with van der Waals surface area (Å²) in [5, 5.41) is 10.1. The molecule has 7 nitrogen and oxygen atoms in total. The van der Waals surface area contributed by atoms with Crippen LogP contribution < -0.4 is 10.5 Å². The Hall–Kier alpha value is -2.43. The molecule has 0 bridgehead atoms. The largest absolute Gasteiger partial charge is 0.491 e. The summed E-state index contributed by atoms with van der Waals surface area (Å²) in [5.41, 5.74) is 5.18. The molecule has 3 N–H and O–H groups in total. The number of aliphatic hydroxyl groups excluding tert-OH is 1. The standard InChI is InChI=1S/C18H21F3N4O3/c19-18(20,21)14-5-12(13-8-23-17(22)24-9-13)6-16(7-14)28-11-15(26)10-25-1-3-27-4-2-25/h5-9,15,26H,1-4,10-11H2,(H2,22,23,24). The van der Waals surface area contributed by atoms with Gasteiger partial charge in [-0.2, -0.15) is 13.2 Å². The van der Waals surface area contributed by atoms with Crippen LogP contribution in [0.1, 0.15) is 5.56 Å². The lowest BCUT2D eigenvalue weighted by Gasteiger charge is -2.28. The van der Waals surface area contributed by atoms with Gasteiger partial charge in [0.2, 0.25) is 5.95 Å². The maximum Gasteiger partial charge on any atom is 0.416 e. The summed E-state index contributed by atoms with van der Waals surface area (Å²) >= 11 is 0. The second kappa shape index (κ2) is 8.72. The van der Waals surface area contributed by atoms with E-state index in [0.29, 0.717) is 38.4 Å². The number of benzene rings is 1. The predicted molar refractivity (Wildman–Crippen MR) is 95.6 cm³/mol. The maximum absolute atomic E-state index is 13.3. The van der Waals surface area contributed by atoms with Gasteiger partial charge in [0.1, 0.15) is 18.5 Å². The van der Waals surface area contributed by atoms with E-state index in [1.165, 1.54) is 18.5 Å². The highest BCUT2D eigenvalue weighted by atomic mass is 19.4. The minimum absolute atomic E-state index is 0.00248. The molecule has 1 fully saturated rings. The Bertz CT molecular complexity index is 781. The molecule has 1 aliphatic rings. The first kappa shape index (κ1) is 20.3. The molecule has 1 aliphatic heterocycles. The van der Waals surface area contributed by atoms with Crippen molar-refractivity contribution in [1.29, 1.82) is 0 Å². The number of aromatic nitrogens is 2. The number of hydrogen-bond donors (Lipinski definition) is 2. The average Bonchev–Trinajstić information content (AvgIpc) is 2.67. The van der Waals surface area contributed by atoms with Crippen molar-refractivity contribution >= 4 is 5.95 Å². The molecule has 152 valence electrons. The van der Waals surface area contributed by atoms with Gasteiger partial charge in [-0.1, -0.05) is 0 Å². The topological polar surface area (TPSA) is 93.7 Å². The first-order chi connectivity index (χ1) is 13.3. The van der Waals surface area contributed by atoms with Crippen molar-refractivity contribution in [2.75, 3.05) is 45.2 Å². The molecular formula is C18H21F3N4O3. The van der Waals surface area contributed by atoms with Crippen LogP contribution in [0.2, 0.25) is 0 Å². The van der Waals surface area contributed by atoms with E-state index in [9.17, 15) is 18.3 Å². The fourth-order valence-corrected chi connectivity index (χ4v) is 2.83. The van der Waals surface area contributed by atoms with Gasteiger partial charge in [0.25, 0.3) is 0 Å². The Morgan fingerprint density at radius 3 is 2.46 bits per heavy atom. The molecule has 0 amide bonds. The second-order valence-corrected chi connectivity index (χ2v) is 6.45. The monoisotopic (exact) mass is 398 g/mol. The van der Waals surface area contributed by atoms with Gasteiger partial charge in [0.15, 0.2) is 0 Å². The molecule has 28 heavy (non-hydrogen) atoms.